The van der Waals surface area contributed by atoms with Gasteiger partial charge in [-0.15, -0.1) is 5.10 Å². The molecule has 1 aromatic heterocycles. The van der Waals surface area contributed by atoms with Gasteiger partial charge >= 0.3 is 0 Å². The van der Waals surface area contributed by atoms with Gasteiger partial charge in [-0.3, -0.25) is 14.0 Å². The average molecular weight is 319 g/mol. The third-order valence-corrected chi connectivity index (χ3v) is 5.17. The summed E-state index contributed by atoms with van der Waals surface area (Å²) < 4.78 is 26.3. The lowest BCUT2D eigenvalue weighted by Gasteiger charge is -2.33. The van der Waals surface area contributed by atoms with Crippen LogP contribution in [-0.4, -0.2) is 40.1 Å². The normalized spacial score (nSPS) is 18.8. The highest BCUT2D eigenvalue weighted by molar-refractivity contribution is 7.89. The molecule has 1 aliphatic heterocycles. The third kappa shape index (κ3) is 2.25. The molecular formula is C13H13N5O3S. The maximum Gasteiger partial charge on any atom is 0.264 e. The van der Waals surface area contributed by atoms with E-state index in [0.717, 1.165) is 4.31 Å². The Hall–Kier alpha value is -2.68. The van der Waals surface area contributed by atoms with Crippen LogP contribution in [0.1, 0.15) is 6.92 Å². The maximum absolute atomic E-state index is 12.6. The largest absolute Gasteiger partial charge is 0.272 e. The molecule has 1 aliphatic rings. The van der Waals surface area contributed by atoms with E-state index in [1.807, 2.05) is 0 Å². The SMILES string of the molecule is CC1C(=O)N(c2cn[nH]n2)C=CN1S(=O)(=O)c1ccccc1. The van der Waals surface area contributed by atoms with Crippen LogP contribution in [0, 0.1) is 0 Å². The van der Waals surface area contributed by atoms with Crippen LogP contribution in [0.5, 0.6) is 0 Å². The van der Waals surface area contributed by atoms with Crippen LogP contribution < -0.4 is 4.90 Å². The summed E-state index contributed by atoms with van der Waals surface area (Å²) in [4.78, 5) is 13.8. The Morgan fingerprint density at radius 1 is 1.18 bits per heavy atom. The first kappa shape index (κ1) is 14.3. The number of carbonyl (C=O) groups is 1. The highest BCUT2D eigenvalue weighted by Crippen LogP contribution is 2.24. The van der Waals surface area contributed by atoms with Crippen LogP contribution in [0.3, 0.4) is 0 Å². The van der Waals surface area contributed by atoms with Crippen LogP contribution in [-0.2, 0) is 14.8 Å². The van der Waals surface area contributed by atoms with Gasteiger partial charge in [0.15, 0.2) is 5.82 Å². The van der Waals surface area contributed by atoms with Gasteiger partial charge in [-0.25, -0.2) is 8.42 Å². The second kappa shape index (κ2) is 5.26. The number of rotatable bonds is 3. The number of aromatic nitrogens is 3. The standard InChI is InChI=1S/C13H13N5O3S/c1-10-13(19)17(12-9-14-16-15-12)7-8-18(10)22(20,21)11-5-3-2-4-6-11/h2-10H,1H3,(H,14,15,16). The lowest BCUT2D eigenvalue weighted by Crippen LogP contribution is -2.49. The van der Waals surface area contributed by atoms with E-state index in [2.05, 4.69) is 15.4 Å². The lowest BCUT2D eigenvalue weighted by atomic mass is 10.2. The van der Waals surface area contributed by atoms with E-state index in [4.69, 9.17) is 0 Å². The number of sulfonamides is 1. The molecule has 0 spiro atoms. The molecule has 22 heavy (non-hydrogen) atoms. The predicted molar refractivity (Wildman–Crippen MR) is 77.9 cm³/mol. The van der Waals surface area contributed by atoms with E-state index < -0.39 is 22.0 Å². The van der Waals surface area contributed by atoms with Crippen molar-refractivity contribution in [3.05, 3.63) is 48.9 Å². The molecule has 9 heteroatoms. The molecule has 0 bridgehead atoms. The monoisotopic (exact) mass is 319 g/mol. The van der Waals surface area contributed by atoms with Crippen LogP contribution >= 0.6 is 0 Å². The highest BCUT2D eigenvalue weighted by Gasteiger charge is 2.36. The van der Waals surface area contributed by atoms with E-state index in [9.17, 15) is 13.2 Å². The van der Waals surface area contributed by atoms with Gasteiger partial charge in [0.05, 0.1) is 11.1 Å². The number of aromatic amines is 1. The molecule has 0 radical (unpaired) electrons. The van der Waals surface area contributed by atoms with Gasteiger partial charge in [-0.1, -0.05) is 18.2 Å². The molecule has 1 unspecified atom stereocenters. The summed E-state index contributed by atoms with van der Waals surface area (Å²) >= 11 is 0. The Kier molecular flexibility index (Phi) is 3.41. The van der Waals surface area contributed by atoms with Crippen molar-refractivity contribution in [2.45, 2.75) is 17.9 Å². The number of amides is 1. The summed E-state index contributed by atoms with van der Waals surface area (Å²) in [7, 11) is -3.78. The van der Waals surface area contributed by atoms with Crippen LogP contribution in [0.4, 0.5) is 5.82 Å². The van der Waals surface area contributed by atoms with Crippen molar-refractivity contribution < 1.29 is 13.2 Å². The van der Waals surface area contributed by atoms with Crippen molar-refractivity contribution in [3.63, 3.8) is 0 Å². The van der Waals surface area contributed by atoms with Gasteiger partial charge in [-0.05, 0) is 19.1 Å². The summed E-state index contributed by atoms with van der Waals surface area (Å²) in [6, 6.07) is 7.09. The van der Waals surface area contributed by atoms with Crippen molar-refractivity contribution in [1.82, 2.24) is 19.7 Å². The van der Waals surface area contributed by atoms with Gasteiger partial charge in [0.2, 0.25) is 0 Å². The number of carbonyl (C=O) groups excluding carboxylic acids is 1. The molecule has 0 aliphatic carbocycles. The van der Waals surface area contributed by atoms with Crippen molar-refractivity contribution in [3.8, 4) is 0 Å². The molecule has 2 heterocycles. The van der Waals surface area contributed by atoms with Crippen molar-refractivity contribution in [2.24, 2.45) is 0 Å². The van der Waals surface area contributed by atoms with Crippen molar-refractivity contribution in [1.29, 1.82) is 0 Å². The smallest absolute Gasteiger partial charge is 0.264 e. The first-order valence-electron chi connectivity index (χ1n) is 6.47. The molecular weight excluding hydrogens is 306 g/mol. The number of hydrogen-bond acceptors (Lipinski definition) is 5. The first-order valence-corrected chi connectivity index (χ1v) is 7.91. The summed E-state index contributed by atoms with van der Waals surface area (Å²) in [6.45, 7) is 1.53. The van der Waals surface area contributed by atoms with Crippen molar-refractivity contribution in [2.75, 3.05) is 4.90 Å². The van der Waals surface area contributed by atoms with Gasteiger partial charge in [-0.2, -0.15) is 10.3 Å². The van der Waals surface area contributed by atoms with E-state index in [1.54, 1.807) is 18.2 Å². The van der Waals surface area contributed by atoms with Gasteiger partial charge in [0, 0.05) is 12.4 Å². The Morgan fingerprint density at radius 2 is 1.91 bits per heavy atom. The predicted octanol–water partition coefficient (Wildman–Crippen LogP) is 0.702. The number of anilines is 1. The van der Waals surface area contributed by atoms with E-state index in [0.29, 0.717) is 5.82 Å². The minimum atomic E-state index is -3.78. The molecule has 1 amide bonds. The molecule has 8 nitrogen and oxygen atoms in total. The third-order valence-electron chi connectivity index (χ3n) is 3.31. The number of nitrogens with one attached hydrogen (secondary N) is 1. The first-order chi connectivity index (χ1) is 10.5. The quantitative estimate of drug-likeness (QED) is 0.898. The molecule has 0 fully saturated rings. The van der Waals surface area contributed by atoms with Crippen LogP contribution in [0.15, 0.2) is 53.8 Å². The number of benzene rings is 1. The van der Waals surface area contributed by atoms with E-state index >= 15 is 0 Å². The minimum absolute atomic E-state index is 0.134. The second-order valence-electron chi connectivity index (χ2n) is 4.66. The highest BCUT2D eigenvalue weighted by atomic mass is 32.2. The molecule has 1 aromatic carbocycles. The molecule has 1 atom stereocenters. The second-order valence-corrected chi connectivity index (χ2v) is 6.50. The van der Waals surface area contributed by atoms with Crippen LogP contribution in [0.25, 0.3) is 0 Å². The fourth-order valence-corrected chi connectivity index (χ4v) is 3.61. The Labute approximate surface area is 127 Å². The summed E-state index contributed by atoms with van der Waals surface area (Å²) in [6.07, 6.45) is 4.10. The minimum Gasteiger partial charge on any atom is -0.272 e. The molecule has 1 N–H and O–H groups in total. The fraction of sp³-hybridized carbons (Fsp3) is 0.154. The van der Waals surface area contributed by atoms with E-state index in [1.165, 1.54) is 42.6 Å². The summed E-state index contributed by atoms with van der Waals surface area (Å²) in [5.74, 6) is -0.0965. The Balaban J connectivity index is 1.97. The average Bonchev–Trinajstić information content (AvgIpc) is 3.04. The zero-order valence-corrected chi connectivity index (χ0v) is 12.4. The van der Waals surface area contributed by atoms with E-state index in [-0.39, 0.29) is 4.90 Å². The molecule has 0 saturated heterocycles. The lowest BCUT2D eigenvalue weighted by molar-refractivity contribution is -0.121. The van der Waals surface area contributed by atoms with Gasteiger partial charge < -0.3 is 0 Å². The molecule has 0 saturated carbocycles. The zero-order valence-electron chi connectivity index (χ0n) is 11.6. The Morgan fingerprint density at radius 3 is 2.55 bits per heavy atom. The molecule has 114 valence electrons. The molecule has 3 rings (SSSR count). The molecule has 2 aromatic rings. The summed E-state index contributed by atoms with van der Waals surface area (Å²) in [5.41, 5.74) is 0. The number of H-pyrrole nitrogens is 1. The maximum atomic E-state index is 12.6. The van der Waals surface area contributed by atoms with Crippen molar-refractivity contribution >= 4 is 21.7 Å². The zero-order chi connectivity index (χ0) is 15.7. The van der Waals surface area contributed by atoms with Gasteiger partial charge in [0.25, 0.3) is 15.9 Å². The fourth-order valence-electron chi connectivity index (χ4n) is 2.15. The number of hydrogen-bond donors (Lipinski definition) is 1. The topological polar surface area (TPSA) is 99.3 Å². The van der Waals surface area contributed by atoms with Crippen LogP contribution in [0.2, 0.25) is 0 Å². The number of nitrogens with zero attached hydrogens (tertiary/aromatic N) is 4. The summed E-state index contributed by atoms with van der Waals surface area (Å²) in [5, 5.41) is 9.87. The van der Waals surface area contributed by atoms with Gasteiger partial charge in [0.1, 0.15) is 6.04 Å². The Bertz CT molecular complexity index is 801.